The van der Waals surface area contributed by atoms with E-state index in [0.717, 1.165) is 28.7 Å². The van der Waals surface area contributed by atoms with Crippen LogP contribution in [-0.4, -0.2) is 20.2 Å². The SMILES string of the molecule is Fc1ccc(-c2n[nH]c([C@@H]3Cc4c([nH]c5cc(F)ccc45)C(C4CCCCC4)N3)n2)cc1. The molecule has 0 saturated heterocycles. The number of nitrogens with one attached hydrogen (secondary N) is 3. The van der Waals surface area contributed by atoms with Crippen molar-refractivity contribution >= 4 is 10.9 Å². The normalized spacial score (nSPS) is 21.7. The van der Waals surface area contributed by atoms with Gasteiger partial charge in [-0.15, -0.1) is 0 Å². The van der Waals surface area contributed by atoms with Crippen molar-refractivity contribution in [3.63, 3.8) is 0 Å². The third-order valence-corrected chi connectivity index (χ3v) is 7.06. The number of H-pyrrole nitrogens is 2. The molecule has 2 aliphatic rings. The molecule has 2 aromatic heterocycles. The maximum atomic E-state index is 13.9. The van der Waals surface area contributed by atoms with E-state index in [1.807, 2.05) is 6.07 Å². The molecule has 5 nitrogen and oxygen atoms in total. The summed E-state index contributed by atoms with van der Waals surface area (Å²) in [6.07, 6.45) is 6.89. The smallest absolute Gasteiger partial charge is 0.181 e. The zero-order valence-electron chi connectivity index (χ0n) is 17.7. The second-order valence-corrected chi connectivity index (χ2v) is 9.06. The first-order valence-corrected chi connectivity index (χ1v) is 11.4. The van der Waals surface area contributed by atoms with Crippen LogP contribution in [0.15, 0.2) is 42.5 Å². The van der Waals surface area contributed by atoms with Crippen LogP contribution in [0.3, 0.4) is 0 Å². The second kappa shape index (κ2) is 7.81. The zero-order valence-corrected chi connectivity index (χ0v) is 17.7. The Hall–Kier alpha value is -3.06. The molecule has 2 aromatic carbocycles. The molecule has 3 N–H and O–H groups in total. The van der Waals surface area contributed by atoms with Crippen molar-refractivity contribution < 1.29 is 8.78 Å². The van der Waals surface area contributed by atoms with Crippen LogP contribution in [0.5, 0.6) is 0 Å². The van der Waals surface area contributed by atoms with Gasteiger partial charge in [0, 0.05) is 22.2 Å². The van der Waals surface area contributed by atoms with E-state index in [0.29, 0.717) is 11.7 Å². The minimum atomic E-state index is -0.280. The Balaban J connectivity index is 1.38. The van der Waals surface area contributed by atoms with Crippen molar-refractivity contribution in [2.75, 3.05) is 0 Å². The molecule has 1 fully saturated rings. The summed E-state index contributed by atoms with van der Waals surface area (Å²) in [5.74, 6) is 1.35. The predicted molar refractivity (Wildman–Crippen MR) is 119 cm³/mol. The minimum absolute atomic E-state index is 0.0276. The standard InChI is InChI=1S/C25H25F2N5/c26-16-8-6-15(7-9-16)24-30-25(32-31-24)21-13-19-18-11-10-17(27)12-20(18)28-23(19)22(29-21)14-4-2-1-3-5-14/h6-12,14,21-22,28-29H,1-5,13H2,(H,30,31,32)/t21-,22?/m0/s1. The largest absolute Gasteiger partial charge is 0.357 e. The van der Waals surface area contributed by atoms with E-state index in [9.17, 15) is 8.78 Å². The van der Waals surface area contributed by atoms with E-state index >= 15 is 0 Å². The molecule has 0 spiro atoms. The molecule has 0 bridgehead atoms. The van der Waals surface area contributed by atoms with Crippen molar-refractivity contribution in [1.29, 1.82) is 0 Å². The summed E-state index contributed by atoms with van der Waals surface area (Å²) in [6.45, 7) is 0. The lowest BCUT2D eigenvalue weighted by Crippen LogP contribution is -2.38. The van der Waals surface area contributed by atoms with Crippen molar-refractivity contribution in [1.82, 2.24) is 25.5 Å². The predicted octanol–water partition coefficient (Wildman–Crippen LogP) is 5.74. The number of hydrogen-bond acceptors (Lipinski definition) is 3. The third-order valence-electron chi connectivity index (χ3n) is 7.06. The molecule has 4 aromatic rings. The molecule has 1 saturated carbocycles. The highest BCUT2D eigenvalue weighted by atomic mass is 19.1. The van der Waals surface area contributed by atoms with Crippen LogP contribution in [0.2, 0.25) is 0 Å². The molecule has 2 atom stereocenters. The molecule has 1 aliphatic carbocycles. The molecule has 164 valence electrons. The summed E-state index contributed by atoms with van der Waals surface area (Å²) < 4.78 is 27.2. The van der Waals surface area contributed by atoms with Gasteiger partial charge in [-0.3, -0.25) is 10.4 Å². The highest BCUT2D eigenvalue weighted by Crippen LogP contribution is 2.43. The zero-order chi connectivity index (χ0) is 21.7. The molecule has 32 heavy (non-hydrogen) atoms. The summed E-state index contributed by atoms with van der Waals surface area (Å²) in [4.78, 5) is 8.27. The second-order valence-electron chi connectivity index (χ2n) is 9.06. The summed E-state index contributed by atoms with van der Waals surface area (Å²) in [6, 6.07) is 11.3. The number of aromatic nitrogens is 4. The quantitative estimate of drug-likeness (QED) is 0.386. The van der Waals surface area contributed by atoms with E-state index in [-0.39, 0.29) is 23.7 Å². The Labute approximate surface area is 184 Å². The van der Waals surface area contributed by atoms with E-state index in [1.54, 1.807) is 18.2 Å². The average molecular weight is 434 g/mol. The first-order valence-electron chi connectivity index (χ1n) is 11.4. The van der Waals surface area contributed by atoms with Crippen LogP contribution in [-0.2, 0) is 6.42 Å². The Morgan fingerprint density at radius 3 is 2.50 bits per heavy atom. The fourth-order valence-corrected chi connectivity index (χ4v) is 5.47. The lowest BCUT2D eigenvalue weighted by atomic mass is 9.79. The lowest BCUT2D eigenvalue weighted by Gasteiger charge is -2.37. The van der Waals surface area contributed by atoms with Gasteiger partial charge >= 0.3 is 0 Å². The van der Waals surface area contributed by atoms with Crippen molar-refractivity contribution in [3.05, 3.63) is 71.2 Å². The minimum Gasteiger partial charge on any atom is -0.357 e. The van der Waals surface area contributed by atoms with Crippen LogP contribution in [0.25, 0.3) is 22.3 Å². The van der Waals surface area contributed by atoms with Gasteiger partial charge in [0.05, 0.1) is 12.1 Å². The number of halogens is 2. The first-order chi connectivity index (χ1) is 15.7. The fourth-order valence-electron chi connectivity index (χ4n) is 5.47. The third kappa shape index (κ3) is 3.41. The fraction of sp³-hybridized carbons (Fsp3) is 0.360. The van der Waals surface area contributed by atoms with E-state index in [4.69, 9.17) is 4.98 Å². The molecule has 1 unspecified atom stereocenters. The Morgan fingerprint density at radius 1 is 0.906 bits per heavy atom. The highest BCUT2D eigenvalue weighted by Gasteiger charge is 2.36. The topological polar surface area (TPSA) is 69.4 Å². The van der Waals surface area contributed by atoms with Gasteiger partial charge in [-0.05, 0) is 73.2 Å². The van der Waals surface area contributed by atoms with Gasteiger partial charge in [-0.1, -0.05) is 19.3 Å². The average Bonchev–Trinajstić information content (AvgIpc) is 3.44. The van der Waals surface area contributed by atoms with E-state index in [1.165, 1.54) is 61.6 Å². The summed E-state index contributed by atoms with van der Waals surface area (Å²) in [7, 11) is 0. The number of hydrogen-bond donors (Lipinski definition) is 3. The molecular formula is C25H25F2N5. The Morgan fingerprint density at radius 2 is 1.69 bits per heavy atom. The number of fused-ring (bicyclic) bond motifs is 3. The van der Waals surface area contributed by atoms with Gasteiger partial charge in [0.1, 0.15) is 17.5 Å². The van der Waals surface area contributed by atoms with Crippen LogP contribution in [0, 0.1) is 17.6 Å². The Kier molecular flexibility index (Phi) is 4.79. The molecule has 7 heteroatoms. The van der Waals surface area contributed by atoms with Crippen LogP contribution in [0.4, 0.5) is 8.78 Å². The van der Waals surface area contributed by atoms with Gasteiger partial charge < -0.3 is 4.98 Å². The molecule has 6 rings (SSSR count). The highest BCUT2D eigenvalue weighted by molar-refractivity contribution is 5.85. The van der Waals surface area contributed by atoms with Gasteiger partial charge in [-0.25, -0.2) is 13.8 Å². The van der Waals surface area contributed by atoms with Gasteiger partial charge in [-0.2, -0.15) is 5.10 Å². The summed E-state index contributed by atoms with van der Waals surface area (Å²) in [5.41, 5.74) is 4.05. The molecule has 3 heterocycles. The van der Waals surface area contributed by atoms with Crippen molar-refractivity contribution in [2.45, 2.75) is 50.6 Å². The number of aromatic amines is 2. The Bertz CT molecular complexity index is 1250. The monoisotopic (exact) mass is 433 g/mol. The van der Waals surface area contributed by atoms with E-state index < -0.39 is 0 Å². The van der Waals surface area contributed by atoms with Crippen molar-refractivity contribution in [2.24, 2.45) is 5.92 Å². The van der Waals surface area contributed by atoms with Crippen LogP contribution < -0.4 is 5.32 Å². The van der Waals surface area contributed by atoms with Crippen LogP contribution >= 0.6 is 0 Å². The molecule has 1 aliphatic heterocycles. The van der Waals surface area contributed by atoms with E-state index in [2.05, 4.69) is 20.5 Å². The molecule has 0 amide bonds. The lowest BCUT2D eigenvalue weighted by molar-refractivity contribution is 0.236. The maximum absolute atomic E-state index is 13.9. The maximum Gasteiger partial charge on any atom is 0.181 e. The molecular weight excluding hydrogens is 408 g/mol. The van der Waals surface area contributed by atoms with Gasteiger partial charge in [0.25, 0.3) is 0 Å². The van der Waals surface area contributed by atoms with Crippen molar-refractivity contribution in [3.8, 4) is 11.4 Å². The summed E-state index contributed by atoms with van der Waals surface area (Å²) >= 11 is 0. The van der Waals surface area contributed by atoms with Gasteiger partial charge in [0.2, 0.25) is 0 Å². The number of benzene rings is 2. The van der Waals surface area contributed by atoms with Crippen LogP contribution in [0.1, 0.15) is 61.3 Å². The summed E-state index contributed by atoms with van der Waals surface area (Å²) in [5, 5.41) is 12.4. The molecule has 0 radical (unpaired) electrons. The number of nitrogens with zero attached hydrogens (tertiary/aromatic N) is 2. The van der Waals surface area contributed by atoms with Gasteiger partial charge in [0.15, 0.2) is 5.82 Å². The first kappa shape index (κ1) is 19.6. The number of rotatable bonds is 3.